The normalized spacial score (nSPS) is 19.1. The molecule has 0 aromatic heterocycles. The zero-order valence-corrected chi connectivity index (χ0v) is 18.2. The van der Waals surface area contributed by atoms with Crippen LogP contribution in [0.2, 0.25) is 0 Å². The standard InChI is InChI=1S/C23H39N5O/c1-2-24-23(25-12-9-15-27-13-7-3-4-8-14-27)26-20-21-10-5-6-11-22(21)28-16-18-29-19-17-28/h5-6,10-11H,2-4,7-9,12-20H2,1H3,(H2,24,25,26). The molecule has 0 saturated carbocycles. The molecule has 0 amide bonds. The van der Waals surface area contributed by atoms with Gasteiger partial charge < -0.3 is 25.2 Å². The Hall–Kier alpha value is -1.79. The number of guanidine groups is 1. The lowest BCUT2D eigenvalue weighted by molar-refractivity contribution is 0.122. The molecule has 2 saturated heterocycles. The van der Waals surface area contributed by atoms with E-state index in [2.05, 4.69) is 51.6 Å². The second-order valence-electron chi connectivity index (χ2n) is 7.96. The summed E-state index contributed by atoms with van der Waals surface area (Å²) >= 11 is 0. The fourth-order valence-electron chi connectivity index (χ4n) is 4.13. The highest BCUT2D eigenvalue weighted by molar-refractivity contribution is 5.79. The van der Waals surface area contributed by atoms with Crippen molar-refractivity contribution < 1.29 is 4.74 Å². The summed E-state index contributed by atoms with van der Waals surface area (Å²) < 4.78 is 5.50. The first-order valence-corrected chi connectivity index (χ1v) is 11.5. The molecule has 6 heteroatoms. The number of hydrogen-bond donors (Lipinski definition) is 2. The van der Waals surface area contributed by atoms with Gasteiger partial charge >= 0.3 is 0 Å². The highest BCUT2D eigenvalue weighted by Gasteiger charge is 2.14. The van der Waals surface area contributed by atoms with E-state index >= 15 is 0 Å². The van der Waals surface area contributed by atoms with Gasteiger partial charge in [-0.05, 0) is 57.5 Å². The van der Waals surface area contributed by atoms with Crippen molar-refractivity contribution in [2.45, 2.75) is 45.6 Å². The second kappa shape index (κ2) is 12.7. The van der Waals surface area contributed by atoms with Crippen molar-refractivity contribution in [2.24, 2.45) is 4.99 Å². The van der Waals surface area contributed by atoms with E-state index in [1.807, 2.05) is 0 Å². The molecule has 6 nitrogen and oxygen atoms in total. The van der Waals surface area contributed by atoms with E-state index in [-0.39, 0.29) is 0 Å². The van der Waals surface area contributed by atoms with Gasteiger partial charge in [0, 0.05) is 31.9 Å². The zero-order chi connectivity index (χ0) is 20.2. The monoisotopic (exact) mass is 401 g/mol. The summed E-state index contributed by atoms with van der Waals surface area (Å²) in [6.07, 6.45) is 6.69. The molecule has 3 rings (SSSR count). The fourth-order valence-corrected chi connectivity index (χ4v) is 4.13. The lowest BCUT2D eigenvalue weighted by atomic mass is 10.1. The Labute approximate surface area is 176 Å². The van der Waals surface area contributed by atoms with Crippen molar-refractivity contribution in [3.63, 3.8) is 0 Å². The molecule has 2 aliphatic rings. The minimum atomic E-state index is 0.689. The lowest BCUT2D eigenvalue weighted by Crippen LogP contribution is -2.39. The number of morpholine rings is 1. The Balaban J connectivity index is 1.50. The van der Waals surface area contributed by atoms with Crippen molar-refractivity contribution >= 4 is 11.6 Å². The van der Waals surface area contributed by atoms with Crippen LogP contribution in [0, 0.1) is 0 Å². The molecule has 2 aliphatic heterocycles. The van der Waals surface area contributed by atoms with Crippen molar-refractivity contribution in [2.75, 3.05) is 63.9 Å². The molecular weight excluding hydrogens is 362 g/mol. The van der Waals surface area contributed by atoms with Crippen molar-refractivity contribution in [1.82, 2.24) is 15.5 Å². The summed E-state index contributed by atoms with van der Waals surface area (Å²) in [7, 11) is 0. The van der Waals surface area contributed by atoms with Gasteiger partial charge in [0.15, 0.2) is 5.96 Å². The van der Waals surface area contributed by atoms with Gasteiger partial charge in [0.1, 0.15) is 0 Å². The number of nitrogens with zero attached hydrogens (tertiary/aromatic N) is 3. The van der Waals surface area contributed by atoms with Crippen LogP contribution in [-0.2, 0) is 11.3 Å². The molecule has 2 N–H and O–H groups in total. The third-order valence-electron chi connectivity index (χ3n) is 5.74. The Morgan fingerprint density at radius 3 is 2.52 bits per heavy atom. The average molecular weight is 402 g/mol. The van der Waals surface area contributed by atoms with E-state index in [4.69, 9.17) is 9.73 Å². The molecule has 2 heterocycles. The molecule has 162 valence electrons. The first kappa shape index (κ1) is 21.9. The Morgan fingerprint density at radius 2 is 1.76 bits per heavy atom. The summed E-state index contributed by atoms with van der Waals surface area (Å²) in [6, 6.07) is 8.62. The van der Waals surface area contributed by atoms with Crippen LogP contribution in [0.4, 0.5) is 5.69 Å². The zero-order valence-electron chi connectivity index (χ0n) is 18.2. The maximum atomic E-state index is 5.50. The van der Waals surface area contributed by atoms with Gasteiger partial charge in [-0.1, -0.05) is 31.0 Å². The minimum Gasteiger partial charge on any atom is -0.378 e. The predicted molar refractivity (Wildman–Crippen MR) is 122 cm³/mol. The average Bonchev–Trinajstić information content (AvgIpc) is 3.04. The van der Waals surface area contributed by atoms with E-state index in [1.165, 1.54) is 56.6 Å². The number of aliphatic imine (C=N–C) groups is 1. The van der Waals surface area contributed by atoms with E-state index in [9.17, 15) is 0 Å². The van der Waals surface area contributed by atoms with Gasteiger partial charge in [-0.3, -0.25) is 0 Å². The molecule has 0 radical (unpaired) electrons. The molecule has 0 spiro atoms. The summed E-state index contributed by atoms with van der Waals surface area (Å²) in [5, 5.41) is 6.92. The quantitative estimate of drug-likeness (QED) is 0.399. The number of benzene rings is 1. The smallest absolute Gasteiger partial charge is 0.191 e. The van der Waals surface area contributed by atoms with E-state index in [0.717, 1.165) is 51.8 Å². The third kappa shape index (κ3) is 7.52. The summed E-state index contributed by atoms with van der Waals surface area (Å²) in [5.74, 6) is 0.917. The van der Waals surface area contributed by atoms with Crippen LogP contribution in [0.25, 0.3) is 0 Å². The first-order chi connectivity index (χ1) is 14.4. The summed E-state index contributed by atoms with van der Waals surface area (Å²) in [6.45, 7) is 11.9. The van der Waals surface area contributed by atoms with Crippen molar-refractivity contribution in [3.05, 3.63) is 29.8 Å². The van der Waals surface area contributed by atoms with Crippen molar-refractivity contribution in [1.29, 1.82) is 0 Å². The van der Waals surface area contributed by atoms with Crippen LogP contribution in [-0.4, -0.2) is 69.9 Å². The van der Waals surface area contributed by atoms with Crippen LogP contribution >= 0.6 is 0 Å². The molecule has 2 fully saturated rings. The SMILES string of the molecule is CCNC(=NCc1ccccc1N1CCOCC1)NCCCN1CCCCCC1. The second-order valence-corrected chi connectivity index (χ2v) is 7.96. The Morgan fingerprint density at radius 1 is 1.00 bits per heavy atom. The predicted octanol–water partition coefficient (Wildman–Crippen LogP) is 2.84. The van der Waals surface area contributed by atoms with Crippen LogP contribution in [0.15, 0.2) is 29.3 Å². The molecule has 0 bridgehead atoms. The van der Waals surface area contributed by atoms with E-state index < -0.39 is 0 Å². The highest BCUT2D eigenvalue weighted by Crippen LogP contribution is 2.22. The van der Waals surface area contributed by atoms with Gasteiger partial charge in [-0.15, -0.1) is 0 Å². The molecule has 0 unspecified atom stereocenters. The van der Waals surface area contributed by atoms with E-state index in [1.54, 1.807) is 0 Å². The van der Waals surface area contributed by atoms with Crippen LogP contribution in [0.1, 0.15) is 44.6 Å². The highest BCUT2D eigenvalue weighted by atomic mass is 16.5. The molecule has 29 heavy (non-hydrogen) atoms. The molecule has 0 aliphatic carbocycles. The lowest BCUT2D eigenvalue weighted by Gasteiger charge is -2.30. The number of ether oxygens (including phenoxy) is 1. The van der Waals surface area contributed by atoms with Crippen molar-refractivity contribution in [3.8, 4) is 0 Å². The number of para-hydroxylation sites is 1. The maximum absolute atomic E-state index is 5.50. The molecular formula is C23H39N5O. The number of hydrogen-bond acceptors (Lipinski definition) is 4. The topological polar surface area (TPSA) is 52.1 Å². The summed E-state index contributed by atoms with van der Waals surface area (Å²) in [5.41, 5.74) is 2.56. The Bertz CT molecular complexity index is 607. The summed E-state index contributed by atoms with van der Waals surface area (Å²) in [4.78, 5) is 9.90. The van der Waals surface area contributed by atoms with Gasteiger partial charge in [0.25, 0.3) is 0 Å². The van der Waals surface area contributed by atoms with Gasteiger partial charge in [-0.2, -0.15) is 0 Å². The fraction of sp³-hybridized carbons (Fsp3) is 0.696. The Kier molecular flexibility index (Phi) is 9.60. The van der Waals surface area contributed by atoms with Gasteiger partial charge in [0.2, 0.25) is 0 Å². The van der Waals surface area contributed by atoms with Crippen LogP contribution in [0.5, 0.6) is 0 Å². The molecule has 0 atom stereocenters. The molecule has 1 aromatic carbocycles. The van der Waals surface area contributed by atoms with Gasteiger partial charge in [0.05, 0.1) is 19.8 Å². The number of rotatable bonds is 8. The number of likely N-dealkylation sites (tertiary alicyclic amines) is 1. The maximum Gasteiger partial charge on any atom is 0.191 e. The van der Waals surface area contributed by atoms with E-state index in [0.29, 0.717) is 6.54 Å². The number of nitrogens with one attached hydrogen (secondary N) is 2. The molecule has 1 aromatic rings. The first-order valence-electron chi connectivity index (χ1n) is 11.5. The third-order valence-corrected chi connectivity index (χ3v) is 5.74. The number of anilines is 1. The van der Waals surface area contributed by atoms with Crippen LogP contribution in [0.3, 0.4) is 0 Å². The van der Waals surface area contributed by atoms with Gasteiger partial charge in [-0.25, -0.2) is 4.99 Å². The van der Waals surface area contributed by atoms with Crippen LogP contribution < -0.4 is 15.5 Å². The minimum absolute atomic E-state index is 0.689. The largest absolute Gasteiger partial charge is 0.378 e.